The monoisotopic (exact) mass is 213 g/mol. The first kappa shape index (κ1) is 11.6. The Balaban J connectivity index is 2.46. The molecule has 0 fully saturated rings. The highest BCUT2D eigenvalue weighted by Crippen LogP contribution is 2.18. The van der Waals surface area contributed by atoms with Crippen LogP contribution in [-0.2, 0) is 11.2 Å². The van der Waals surface area contributed by atoms with Crippen molar-refractivity contribution >= 4 is 5.91 Å². The first-order valence-corrected chi connectivity index (χ1v) is 4.71. The molecule has 0 radical (unpaired) electrons. The number of carbonyl (C=O) groups is 1. The topological polar surface area (TPSA) is 29.1 Å². The summed E-state index contributed by atoms with van der Waals surface area (Å²) in [5, 5.41) is 2.64. The van der Waals surface area contributed by atoms with Crippen molar-refractivity contribution in [2.45, 2.75) is 19.8 Å². The standard InChI is InChI=1S/C11H13F2NO/c1-8(15)14-7-6-9-2-4-10(5-3-9)11(12)13/h2-5,11H,6-7H2,1H3,(H,14,15). The van der Waals surface area contributed by atoms with Gasteiger partial charge in [-0.25, -0.2) is 8.78 Å². The summed E-state index contributed by atoms with van der Waals surface area (Å²) in [7, 11) is 0. The molecule has 1 amide bonds. The second kappa shape index (κ2) is 5.44. The average molecular weight is 213 g/mol. The summed E-state index contributed by atoms with van der Waals surface area (Å²) in [5.74, 6) is -0.0841. The van der Waals surface area contributed by atoms with Gasteiger partial charge in [-0.1, -0.05) is 24.3 Å². The first-order valence-electron chi connectivity index (χ1n) is 4.71. The van der Waals surface area contributed by atoms with E-state index >= 15 is 0 Å². The number of rotatable bonds is 4. The van der Waals surface area contributed by atoms with Gasteiger partial charge in [-0.15, -0.1) is 0 Å². The molecule has 0 aliphatic rings. The molecule has 82 valence electrons. The third kappa shape index (κ3) is 4.06. The fourth-order valence-electron chi connectivity index (χ4n) is 1.21. The highest BCUT2D eigenvalue weighted by molar-refractivity contribution is 5.72. The van der Waals surface area contributed by atoms with Crippen LogP contribution in [0.25, 0.3) is 0 Å². The van der Waals surface area contributed by atoms with Crippen LogP contribution in [0, 0.1) is 0 Å². The number of alkyl halides is 2. The van der Waals surface area contributed by atoms with E-state index in [0.29, 0.717) is 13.0 Å². The largest absolute Gasteiger partial charge is 0.356 e. The van der Waals surface area contributed by atoms with Gasteiger partial charge in [0.1, 0.15) is 0 Å². The molecule has 0 aliphatic carbocycles. The molecular weight excluding hydrogens is 200 g/mol. The molecule has 0 saturated heterocycles. The molecule has 4 heteroatoms. The molecule has 2 nitrogen and oxygen atoms in total. The Labute approximate surface area is 87.3 Å². The lowest BCUT2D eigenvalue weighted by molar-refractivity contribution is -0.118. The Bertz CT molecular complexity index is 322. The third-order valence-electron chi connectivity index (χ3n) is 2.02. The van der Waals surface area contributed by atoms with Gasteiger partial charge >= 0.3 is 0 Å². The van der Waals surface area contributed by atoms with E-state index in [1.807, 2.05) is 0 Å². The van der Waals surface area contributed by atoms with Crippen molar-refractivity contribution in [1.82, 2.24) is 5.32 Å². The van der Waals surface area contributed by atoms with Gasteiger partial charge in [-0.2, -0.15) is 0 Å². The maximum absolute atomic E-state index is 12.2. The van der Waals surface area contributed by atoms with Gasteiger partial charge in [-0.05, 0) is 12.0 Å². The Hall–Kier alpha value is -1.45. The summed E-state index contributed by atoms with van der Waals surface area (Å²) < 4.78 is 24.4. The average Bonchev–Trinajstić information content (AvgIpc) is 2.18. The molecule has 0 unspecified atom stereocenters. The van der Waals surface area contributed by atoms with E-state index in [2.05, 4.69) is 5.32 Å². The van der Waals surface area contributed by atoms with Gasteiger partial charge in [0, 0.05) is 19.0 Å². The SMILES string of the molecule is CC(=O)NCCc1ccc(C(F)F)cc1. The predicted molar refractivity (Wildman–Crippen MR) is 53.8 cm³/mol. The van der Waals surface area contributed by atoms with Crippen LogP contribution in [0.2, 0.25) is 0 Å². The van der Waals surface area contributed by atoms with E-state index in [-0.39, 0.29) is 11.5 Å². The summed E-state index contributed by atoms with van der Waals surface area (Å²) in [6.45, 7) is 1.98. The number of amides is 1. The van der Waals surface area contributed by atoms with Crippen molar-refractivity contribution < 1.29 is 13.6 Å². The van der Waals surface area contributed by atoms with Gasteiger partial charge in [-0.3, -0.25) is 4.79 Å². The molecule has 0 aliphatic heterocycles. The van der Waals surface area contributed by atoms with Crippen LogP contribution < -0.4 is 5.32 Å². The summed E-state index contributed by atoms with van der Waals surface area (Å²) in [4.78, 5) is 10.6. The molecule has 1 N–H and O–H groups in total. The molecule has 0 saturated carbocycles. The third-order valence-corrected chi connectivity index (χ3v) is 2.02. The van der Waals surface area contributed by atoms with Gasteiger partial charge in [0.15, 0.2) is 0 Å². The molecule has 0 spiro atoms. The van der Waals surface area contributed by atoms with Crippen LogP contribution in [0.4, 0.5) is 8.78 Å². The van der Waals surface area contributed by atoms with E-state index in [1.54, 1.807) is 12.1 Å². The normalized spacial score (nSPS) is 10.4. The van der Waals surface area contributed by atoms with E-state index in [4.69, 9.17) is 0 Å². The summed E-state index contributed by atoms with van der Waals surface area (Å²) in [6.07, 6.45) is -1.77. The molecule has 1 rings (SSSR count). The highest BCUT2D eigenvalue weighted by atomic mass is 19.3. The van der Waals surface area contributed by atoms with Crippen LogP contribution in [0.1, 0.15) is 24.5 Å². The maximum Gasteiger partial charge on any atom is 0.263 e. The number of halogens is 2. The summed E-state index contributed by atoms with van der Waals surface area (Å²) in [6, 6.07) is 6.13. The fourth-order valence-corrected chi connectivity index (χ4v) is 1.21. The van der Waals surface area contributed by atoms with Crippen molar-refractivity contribution in [2.75, 3.05) is 6.54 Å². The molecule has 0 heterocycles. The van der Waals surface area contributed by atoms with Crippen LogP contribution in [-0.4, -0.2) is 12.5 Å². The van der Waals surface area contributed by atoms with E-state index < -0.39 is 6.43 Å². The molecule has 0 aromatic heterocycles. The van der Waals surface area contributed by atoms with E-state index in [1.165, 1.54) is 19.1 Å². The minimum atomic E-state index is -2.42. The number of hydrogen-bond donors (Lipinski definition) is 1. The first-order chi connectivity index (χ1) is 7.09. The summed E-state index contributed by atoms with van der Waals surface area (Å²) in [5.41, 5.74) is 0.964. The molecule has 0 bridgehead atoms. The maximum atomic E-state index is 12.2. The lowest BCUT2D eigenvalue weighted by Crippen LogP contribution is -2.22. The number of nitrogens with one attached hydrogen (secondary N) is 1. The Kier molecular flexibility index (Phi) is 4.21. The molecular formula is C11H13F2NO. The minimum absolute atomic E-state index is 0.0262. The van der Waals surface area contributed by atoms with Gasteiger partial charge in [0.2, 0.25) is 5.91 Å². The Morgan fingerprint density at radius 3 is 2.40 bits per heavy atom. The molecule has 15 heavy (non-hydrogen) atoms. The number of hydrogen-bond acceptors (Lipinski definition) is 1. The molecule has 1 aromatic rings. The minimum Gasteiger partial charge on any atom is -0.356 e. The van der Waals surface area contributed by atoms with Crippen LogP contribution in [0.15, 0.2) is 24.3 Å². The van der Waals surface area contributed by atoms with Gasteiger partial charge < -0.3 is 5.32 Å². The van der Waals surface area contributed by atoms with Gasteiger partial charge in [0.05, 0.1) is 0 Å². The number of benzene rings is 1. The second-order valence-corrected chi connectivity index (χ2v) is 3.28. The lowest BCUT2D eigenvalue weighted by atomic mass is 10.1. The van der Waals surface area contributed by atoms with Crippen molar-refractivity contribution in [3.05, 3.63) is 35.4 Å². The smallest absolute Gasteiger partial charge is 0.263 e. The van der Waals surface area contributed by atoms with Crippen LogP contribution >= 0.6 is 0 Å². The Morgan fingerprint density at radius 1 is 1.33 bits per heavy atom. The quantitative estimate of drug-likeness (QED) is 0.817. The predicted octanol–water partition coefficient (Wildman–Crippen LogP) is 2.30. The zero-order chi connectivity index (χ0) is 11.3. The van der Waals surface area contributed by atoms with Crippen LogP contribution in [0.5, 0.6) is 0 Å². The zero-order valence-corrected chi connectivity index (χ0v) is 8.47. The van der Waals surface area contributed by atoms with Crippen molar-refractivity contribution in [3.63, 3.8) is 0 Å². The zero-order valence-electron chi connectivity index (χ0n) is 8.47. The van der Waals surface area contributed by atoms with Gasteiger partial charge in [0.25, 0.3) is 6.43 Å². The summed E-state index contributed by atoms with van der Waals surface area (Å²) >= 11 is 0. The van der Waals surface area contributed by atoms with Crippen LogP contribution in [0.3, 0.4) is 0 Å². The number of carbonyl (C=O) groups excluding carboxylic acids is 1. The Morgan fingerprint density at radius 2 is 1.93 bits per heavy atom. The van der Waals surface area contributed by atoms with E-state index in [0.717, 1.165) is 5.56 Å². The van der Waals surface area contributed by atoms with Crippen molar-refractivity contribution in [2.24, 2.45) is 0 Å². The van der Waals surface area contributed by atoms with Crippen molar-refractivity contribution in [1.29, 1.82) is 0 Å². The van der Waals surface area contributed by atoms with E-state index in [9.17, 15) is 13.6 Å². The van der Waals surface area contributed by atoms with Crippen molar-refractivity contribution in [3.8, 4) is 0 Å². The highest BCUT2D eigenvalue weighted by Gasteiger charge is 2.05. The molecule has 1 aromatic carbocycles. The molecule has 0 atom stereocenters. The second-order valence-electron chi connectivity index (χ2n) is 3.28. The lowest BCUT2D eigenvalue weighted by Gasteiger charge is -2.04. The fraction of sp³-hybridized carbons (Fsp3) is 0.364.